The molecule has 1 fully saturated rings. The Balaban J connectivity index is 1.71. The maximum atomic E-state index is 11.6. The van der Waals surface area contributed by atoms with E-state index < -0.39 is 0 Å². The van der Waals surface area contributed by atoms with E-state index in [4.69, 9.17) is 0 Å². The van der Waals surface area contributed by atoms with Crippen molar-refractivity contribution < 1.29 is 4.79 Å². The number of carbonyl (C=O) groups excluding carboxylic acids is 1. The highest BCUT2D eigenvalue weighted by molar-refractivity contribution is 7.09. The largest absolute Gasteiger partial charge is 0.350 e. The van der Waals surface area contributed by atoms with Crippen molar-refractivity contribution in [3.05, 3.63) is 16.1 Å². The van der Waals surface area contributed by atoms with Crippen molar-refractivity contribution in [3.63, 3.8) is 0 Å². The molecule has 16 heavy (non-hydrogen) atoms. The minimum absolute atomic E-state index is 0.138. The van der Waals surface area contributed by atoms with Gasteiger partial charge < -0.3 is 10.6 Å². The maximum absolute atomic E-state index is 11.6. The van der Waals surface area contributed by atoms with Gasteiger partial charge in [0.15, 0.2) is 0 Å². The molecule has 1 saturated heterocycles. The highest BCUT2D eigenvalue weighted by atomic mass is 32.1. The van der Waals surface area contributed by atoms with Crippen molar-refractivity contribution in [2.75, 3.05) is 13.1 Å². The van der Waals surface area contributed by atoms with E-state index in [1.807, 2.05) is 12.3 Å². The fraction of sp³-hybridized carbons (Fsp3) is 0.636. The van der Waals surface area contributed by atoms with E-state index >= 15 is 0 Å². The van der Waals surface area contributed by atoms with Crippen molar-refractivity contribution in [2.24, 2.45) is 5.92 Å². The van der Waals surface area contributed by atoms with Crippen LogP contribution < -0.4 is 10.6 Å². The lowest BCUT2D eigenvalue weighted by Gasteiger charge is -2.07. The zero-order valence-electron chi connectivity index (χ0n) is 9.45. The fourth-order valence-electron chi connectivity index (χ4n) is 1.90. The summed E-state index contributed by atoms with van der Waals surface area (Å²) in [5.74, 6) is 0.650. The molecule has 5 heteroatoms. The molecule has 1 aliphatic rings. The number of nitrogens with zero attached hydrogens (tertiary/aromatic N) is 1. The Bertz CT molecular complexity index is 358. The summed E-state index contributed by atoms with van der Waals surface area (Å²) in [4.78, 5) is 15.9. The first-order chi connectivity index (χ1) is 7.74. The molecular formula is C11H17N3OS. The van der Waals surface area contributed by atoms with Crippen molar-refractivity contribution in [1.29, 1.82) is 0 Å². The quantitative estimate of drug-likeness (QED) is 0.826. The monoisotopic (exact) mass is 239 g/mol. The number of hydrogen-bond acceptors (Lipinski definition) is 4. The van der Waals surface area contributed by atoms with Crippen LogP contribution in [0.4, 0.5) is 0 Å². The lowest BCUT2D eigenvalue weighted by Crippen LogP contribution is -2.26. The minimum atomic E-state index is 0.138. The topological polar surface area (TPSA) is 54.0 Å². The smallest absolute Gasteiger partial charge is 0.220 e. The van der Waals surface area contributed by atoms with Gasteiger partial charge in [-0.05, 0) is 32.4 Å². The van der Waals surface area contributed by atoms with E-state index in [0.717, 1.165) is 30.2 Å². The van der Waals surface area contributed by atoms with E-state index in [0.29, 0.717) is 18.9 Å². The summed E-state index contributed by atoms with van der Waals surface area (Å²) in [6.07, 6.45) is 1.75. The number of hydrogen-bond donors (Lipinski definition) is 2. The molecule has 1 aromatic rings. The Kier molecular flexibility index (Phi) is 3.90. The third-order valence-corrected chi connectivity index (χ3v) is 3.59. The van der Waals surface area contributed by atoms with Gasteiger partial charge in [-0.1, -0.05) is 0 Å². The van der Waals surface area contributed by atoms with Gasteiger partial charge in [-0.2, -0.15) is 0 Å². The first kappa shape index (κ1) is 11.5. The second kappa shape index (κ2) is 5.41. The van der Waals surface area contributed by atoms with Crippen LogP contribution in [0.25, 0.3) is 0 Å². The van der Waals surface area contributed by atoms with Crippen LogP contribution >= 0.6 is 11.3 Å². The number of aryl methyl sites for hydroxylation is 1. The number of amides is 1. The van der Waals surface area contributed by atoms with Crippen LogP contribution in [0.5, 0.6) is 0 Å². The number of nitrogens with one attached hydrogen (secondary N) is 2. The SMILES string of the molecule is Cc1nc(CNC(=O)CC2CCNC2)cs1. The van der Waals surface area contributed by atoms with Crippen molar-refractivity contribution in [1.82, 2.24) is 15.6 Å². The van der Waals surface area contributed by atoms with Gasteiger partial charge >= 0.3 is 0 Å². The highest BCUT2D eigenvalue weighted by Gasteiger charge is 2.17. The van der Waals surface area contributed by atoms with Crippen LogP contribution in [0.15, 0.2) is 5.38 Å². The molecule has 1 atom stereocenters. The first-order valence-electron chi connectivity index (χ1n) is 5.62. The molecule has 0 saturated carbocycles. The van der Waals surface area contributed by atoms with Gasteiger partial charge in [-0.25, -0.2) is 4.98 Å². The van der Waals surface area contributed by atoms with Crippen LogP contribution in [0.1, 0.15) is 23.5 Å². The summed E-state index contributed by atoms with van der Waals surface area (Å²) in [5.41, 5.74) is 0.959. The molecule has 0 radical (unpaired) electrons. The molecule has 2 rings (SSSR count). The first-order valence-corrected chi connectivity index (χ1v) is 6.50. The van der Waals surface area contributed by atoms with Gasteiger partial charge in [0.2, 0.25) is 5.91 Å². The second-order valence-corrected chi connectivity index (χ2v) is 5.26. The van der Waals surface area contributed by atoms with Crippen LogP contribution in [-0.2, 0) is 11.3 Å². The Morgan fingerprint density at radius 3 is 3.25 bits per heavy atom. The summed E-state index contributed by atoms with van der Waals surface area (Å²) in [7, 11) is 0. The summed E-state index contributed by atoms with van der Waals surface area (Å²) < 4.78 is 0. The standard InChI is InChI=1S/C11H17N3OS/c1-8-14-10(7-16-8)6-13-11(15)4-9-2-3-12-5-9/h7,9,12H,2-6H2,1H3,(H,13,15). The molecule has 0 aliphatic carbocycles. The normalized spacial score (nSPS) is 19.9. The van der Waals surface area contributed by atoms with E-state index in [9.17, 15) is 4.79 Å². The van der Waals surface area contributed by atoms with Gasteiger partial charge in [-0.3, -0.25) is 4.79 Å². The third kappa shape index (κ3) is 3.28. The van der Waals surface area contributed by atoms with Crippen molar-refractivity contribution in [2.45, 2.75) is 26.3 Å². The Morgan fingerprint density at radius 1 is 1.75 bits per heavy atom. The van der Waals surface area contributed by atoms with Crippen LogP contribution in [-0.4, -0.2) is 24.0 Å². The molecule has 0 aromatic carbocycles. The summed E-state index contributed by atoms with van der Waals surface area (Å²) >= 11 is 1.62. The van der Waals surface area contributed by atoms with E-state index in [1.54, 1.807) is 11.3 Å². The molecule has 2 heterocycles. The van der Waals surface area contributed by atoms with Crippen molar-refractivity contribution >= 4 is 17.2 Å². The van der Waals surface area contributed by atoms with Gasteiger partial charge in [0.25, 0.3) is 0 Å². The van der Waals surface area contributed by atoms with Crippen LogP contribution in [0.2, 0.25) is 0 Å². The molecule has 88 valence electrons. The Morgan fingerprint density at radius 2 is 2.62 bits per heavy atom. The average Bonchev–Trinajstić information content (AvgIpc) is 2.87. The predicted octanol–water partition coefficient (Wildman–Crippen LogP) is 1.07. The number of carbonyl (C=O) groups is 1. The number of rotatable bonds is 4. The molecule has 4 nitrogen and oxygen atoms in total. The molecular weight excluding hydrogens is 222 g/mol. The van der Waals surface area contributed by atoms with Crippen LogP contribution in [0.3, 0.4) is 0 Å². The van der Waals surface area contributed by atoms with E-state index in [2.05, 4.69) is 15.6 Å². The van der Waals surface area contributed by atoms with E-state index in [1.165, 1.54) is 0 Å². The predicted molar refractivity (Wildman–Crippen MR) is 64.3 cm³/mol. The maximum Gasteiger partial charge on any atom is 0.220 e. The van der Waals surface area contributed by atoms with Crippen molar-refractivity contribution in [3.8, 4) is 0 Å². The molecule has 1 aliphatic heterocycles. The summed E-state index contributed by atoms with van der Waals surface area (Å²) in [6.45, 7) is 4.55. The second-order valence-electron chi connectivity index (χ2n) is 4.20. The summed E-state index contributed by atoms with van der Waals surface area (Å²) in [5, 5.41) is 9.22. The Hall–Kier alpha value is -0.940. The van der Waals surface area contributed by atoms with Gasteiger partial charge in [0.05, 0.1) is 17.2 Å². The van der Waals surface area contributed by atoms with Gasteiger partial charge in [0, 0.05) is 11.8 Å². The molecule has 0 spiro atoms. The lowest BCUT2D eigenvalue weighted by atomic mass is 10.0. The molecule has 1 aromatic heterocycles. The average molecular weight is 239 g/mol. The lowest BCUT2D eigenvalue weighted by molar-refractivity contribution is -0.122. The molecule has 1 unspecified atom stereocenters. The third-order valence-electron chi connectivity index (χ3n) is 2.77. The zero-order chi connectivity index (χ0) is 11.4. The van der Waals surface area contributed by atoms with E-state index in [-0.39, 0.29) is 5.91 Å². The zero-order valence-corrected chi connectivity index (χ0v) is 10.3. The highest BCUT2D eigenvalue weighted by Crippen LogP contribution is 2.12. The van der Waals surface area contributed by atoms with Crippen LogP contribution in [0, 0.1) is 12.8 Å². The number of aromatic nitrogens is 1. The minimum Gasteiger partial charge on any atom is -0.350 e. The summed E-state index contributed by atoms with van der Waals surface area (Å²) in [6, 6.07) is 0. The molecule has 1 amide bonds. The Labute approximate surface area is 99.5 Å². The van der Waals surface area contributed by atoms with Gasteiger partial charge in [0.1, 0.15) is 0 Å². The van der Waals surface area contributed by atoms with Gasteiger partial charge in [-0.15, -0.1) is 11.3 Å². The molecule has 2 N–H and O–H groups in total. The molecule has 0 bridgehead atoms. The fourth-order valence-corrected chi connectivity index (χ4v) is 2.51. The number of thiazole rings is 1.